The van der Waals surface area contributed by atoms with Gasteiger partial charge in [0.15, 0.2) is 0 Å². The Morgan fingerprint density at radius 1 is 1.00 bits per heavy atom. The Labute approximate surface area is 77.3 Å². The molecule has 74 valence electrons. The molecule has 0 aliphatic heterocycles. The third kappa shape index (κ3) is 4.07. The van der Waals surface area contributed by atoms with Gasteiger partial charge in [0, 0.05) is 24.7 Å². The number of hydrogen-bond acceptors (Lipinski definition) is 2. The Morgan fingerprint density at radius 2 is 1.42 bits per heavy atom. The Morgan fingerprint density at radius 3 is 1.67 bits per heavy atom. The van der Waals surface area contributed by atoms with Crippen LogP contribution in [0.5, 0.6) is 0 Å². The van der Waals surface area contributed by atoms with E-state index in [-0.39, 0.29) is 0 Å². The first kappa shape index (κ1) is 11.9. The van der Waals surface area contributed by atoms with Crippen LogP contribution in [0.15, 0.2) is 0 Å². The molecule has 0 aliphatic rings. The smallest absolute Gasteiger partial charge is 0.0163 e. The molecule has 0 aromatic heterocycles. The molecule has 0 spiro atoms. The van der Waals surface area contributed by atoms with E-state index in [0.29, 0.717) is 18.1 Å². The molecule has 0 amide bonds. The minimum absolute atomic E-state index is 0.579. The molecule has 0 bridgehead atoms. The molecule has 1 atom stereocenters. The maximum atomic E-state index is 3.26. The second kappa shape index (κ2) is 5.55. The highest BCUT2D eigenvalue weighted by atomic mass is 15.2. The Bertz CT molecular complexity index is 102. The van der Waals surface area contributed by atoms with Crippen molar-refractivity contribution < 1.29 is 0 Å². The van der Waals surface area contributed by atoms with Crippen molar-refractivity contribution in [2.45, 2.75) is 52.7 Å². The van der Waals surface area contributed by atoms with Gasteiger partial charge in [-0.3, -0.25) is 4.90 Å². The van der Waals surface area contributed by atoms with E-state index in [1.165, 1.54) is 0 Å². The summed E-state index contributed by atoms with van der Waals surface area (Å²) in [7, 11) is 2.02. The van der Waals surface area contributed by atoms with Gasteiger partial charge in [0.1, 0.15) is 0 Å². The second-order valence-electron chi connectivity index (χ2n) is 4.07. The van der Waals surface area contributed by atoms with Crippen molar-refractivity contribution in [3.05, 3.63) is 0 Å². The van der Waals surface area contributed by atoms with Gasteiger partial charge in [-0.15, -0.1) is 0 Å². The van der Waals surface area contributed by atoms with E-state index in [0.717, 1.165) is 6.54 Å². The van der Waals surface area contributed by atoms with Gasteiger partial charge in [0.25, 0.3) is 0 Å². The first-order valence-electron chi connectivity index (χ1n) is 4.92. The molecule has 0 radical (unpaired) electrons. The molecule has 2 nitrogen and oxygen atoms in total. The van der Waals surface area contributed by atoms with Crippen LogP contribution in [0.1, 0.15) is 34.6 Å². The average Bonchev–Trinajstić information content (AvgIpc) is 1.98. The summed E-state index contributed by atoms with van der Waals surface area (Å²) in [6.45, 7) is 12.4. The van der Waals surface area contributed by atoms with Crippen molar-refractivity contribution in [2.75, 3.05) is 13.6 Å². The summed E-state index contributed by atoms with van der Waals surface area (Å²) in [4.78, 5) is 2.50. The van der Waals surface area contributed by atoms with Crippen LogP contribution in [0.3, 0.4) is 0 Å². The topological polar surface area (TPSA) is 15.3 Å². The number of nitrogens with one attached hydrogen (secondary N) is 1. The molecule has 0 heterocycles. The Balaban J connectivity index is 3.95. The summed E-state index contributed by atoms with van der Waals surface area (Å²) in [6.07, 6.45) is 0. The zero-order chi connectivity index (χ0) is 9.72. The second-order valence-corrected chi connectivity index (χ2v) is 4.07. The highest BCUT2D eigenvalue weighted by molar-refractivity contribution is 4.72. The van der Waals surface area contributed by atoms with Gasteiger partial charge in [-0.05, 0) is 41.7 Å². The SMILES string of the molecule is CN[C@H](C)CN(C(C)C)C(C)C. The monoisotopic (exact) mass is 172 g/mol. The van der Waals surface area contributed by atoms with E-state index in [1.54, 1.807) is 0 Å². The van der Waals surface area contributed by atoms with Crippen LogP contribution < -0.4 is 5.32 Å². The van der Waals surface area contributed by atoms with Gasteiger partial charge < -0.3 is 5.32 Å². The van der Waals surface area contributed by atoms with Crippen molar-refractivity contribution in [1.29, 1.82) is 0 Å². The van der Waals surface area contributed by atoms with E-state index >= 15 is 0 Å². The molecule has 0 rings (SSSR count). The molecule has 0 aromatic carbocycles. The average molecular weight is 172 g/mol. The lowest BCUT2D eigenvalue weighted by atomic mass is 10.2. The standard InChI is InChI=1S/C10H24N2/c1-8(2)12(9(3)4)7-10(5)11-6/h8-11H,7H2,1-6H3/t10-/m1/s1. The van der Waals surface area contributed by atoms with E-state index in [1.807, 2.05) is 7.05 Å². The normalized spacial score (nSPS) is 14.8. The van der Waals surface area contributed by atoms with Crippen molar-refractivity contribution in [1.82, 2.24) is 10.2 Å². The zero-order valence-corrected chi connectivity index (χ0v) is 9.39. The van der Waals surface area contributed by atoms with Gasteiger partial charge in [-0.2, -0.15) is 0 Å². The van der Waals surface area contributed by atoms with Gasteiger partial charge >= 0.3 is 0 Å². The van der Waals surface area contributed by atoms with Gasteiger partial charge in [-0.1, -0.05) is 0 Å². The minimum atomic E-state index is 0.579. The summed E-state index contributed by atoms with van der Waals surface area (Å²) in [5.74, 6) is 0. The van der Waals surface area contributed by atoms with Crippen LogP contribution in [-0.2, 0) is 0 Å². The molecule has 0 fully saturated rings. The fraction of sp³-hybridized carbons (Fsp3) is 1.00. The largest absolute Gasteiger partial charge is 0.316 e. The quantitative estimate of drug-likeness (QED) is 0.679. The zero-order valence-electron chi connectivity index (χ0n) is 9.39. The first-order valence-corrected chi connectivity index (χ1v) is 4.92. The van der Waals surface area contributed by atoms with Crippen molar-refractivity contribution in [3.63, 3.8) is 0 Å². The van der Waals surface area contributed by atoms with Gasteiger partial charge in [0.05, 0.1) is 0 Å². The number of likely N-dealkylation sites (N-methyl/N-ethyl adjacent to an activating group) is 1. The molecular formula is C10H24N2. The maximum absolute atomic E-state index is 3.26. The van der Waals surface area contributed by atoms with Crippen molar-refractivity contribution in [2.24, 2.45) is 0 Å². The molecule has 2 heteroatoms. The van der Waals surface area contributed by atoms with Crippen LogP contribution >= 0.6 is 0 Å². The van der Waals surface area contributed by atoms with E-state index in [9.17, 15) is 0 Å². The third-order valence-corrected chi connectivity index (χ3v) is 2.30. The molecule has 12 heavy (non-hydrogen) atoms. The third-order valence-electron chi connectivity index (χ3n) is 2.30. The highest BCUT2D eigenvalue weighted by Gasteiger charge is 2.14. The van der Waals surface area contributed by atoms with Gasteiger partial charge in [0.2, 0.25) is 0 Å². The summed E-state index contributed by atoms with van der Waals surface area (Å²) >= 11 is 0. The van der Waals surface area contributed by atoms with Crippen molar-refractivity contribution >= 4 is 0 Å². The minimum Gasteiger partial charge on any atom is -0.316 e. The fourth-order valence-corrected chi connectivity index (χ4v) is 1.43. The molecule has 0 aromatic rings. The number of nitrogens with zero attached hydrogens (tertiary/aromatic N) is 1. The number of hydrogen-bond donors (Lipinski definition) is 1. The van der Waals surface area contributed by atoms with E-state index < -0.39 is 0 Å². The fourth-order valence-electron chi connectivity index (χ4n) is 1.43. The molecule has 0 unspecified atom stereocenters. The molecule has 1 N–H and O–H groups in total. The van der Waals surface area contributed by atoms with Crippen LogP contribution in [0.4, 0.5) is 0 Å². The summed E-state index contributed by atoms with van der Waals surface area (Å²) < 4.78 is 0. The Hall–Kier alpha value is -0.0800. The molecule has 0 saturated heterocycles. The summed E-state index contributed by atoms with van der Waals surface area (Å²) in [6, 6.07) is 1.86. The predicted molar refractivity (Wildman–Crippen MR) is 55.5 cm³/mol. The van der Waals surface area contributed by atoms with Crippen molar-refractivity contribution in [3.8, 4) is 0 Å². The lowest BCUT2D eigenvalue weighted by Crippen LogP contribution is -2.44. The number of rotatable bonds is 5. The van der Waals surface area contributed by atoms with Gasteiger partial charge in [-0.25, -0.2) is 0 Å². The van der Waals surface area contributed by atoms with Crippen LogP contribution in [0, 0.1) is 0 Å². The van der Waals surface area contributed by atoms with Crippen LogP contribution in [-0.4, -0.2) is 36.6 Å². The Kier molecular flexibility index (Phi) is 5.51. The van der Waals surface area contributed by atoms with E-state index in [4.69, 9.17) is 0 Å². The molecule has 0 saturated carbocycles. The molecule has 0 aliphatic carbocycles. The summed E-state index contributed by atoms with van der Waals surface area (Å²) in [5, 5.41) is 3.26. The lowest BCUT2D eigenvalue weighted by Gasteiger charge is -2.32. The maximum Gasteiger partial charge on any atom is 0.0163 e. The lowest BCUT2D eigenvalue weighted by molar-refractivity contribution is 0.161. The first-order chi connectivity index (χ1) is 5.49. The summed E-state index contributed by atoms with van der Waals surface area (Å²) in [5.41, 5.74) is 0. The van der Waals surface area contributed by atoms with E-state index in [2.05, 4.69) is 44.8 Å². The predicted octanol–water partition coefficient (Wildman–Crippen LogP) is 1.71. The van der Waals surface area contributed by atoms with Crippen LogP contribution in [0.2, 0.25) is 0 Å². The molecular weight excluding hydrogens is 148 g/mol. The highest BCUT2D eigenvalue weighted by Crippen LogP contribution is 2.05. The van der Waals surface area contributed by atoms with Crippen LogP contribution in [0.25, 0.3) is 0 Å².